The Morgan fingerprint density at radius 2 is 1.77 bits per heavy atom. The fraction of sp³-hybridized carbons (Fsp3) is 0.259. The third-order valence-corrected chi connectivity index (χ3v) is 6.81. The van der Waals surface area contributed by atoms with Crippen LogP contribution in [0.1, 0.15) is 23.6 Å². The van der Waals surface area contributed by atoms with Crippen LogP contribution in [-0.4, -0.2) is 53.2 Å². The maximum Gasteiger partial charge on any atom is 0.231 e. The molecule has 1 amide bonds. The minimum Gasteiger partial charge on any atom is -0.454 e. The number of halogens is 1. The highest BCUT2D eigenvalue weighted by Crippen LogP contribution is 2.38. The zero-order valence-corrected chi connectivity index (χ0v) is 19.1. The summed E-state index contributed by atoms with van der Waals surface area (Å²) in [7, 11) is 0. The second kappa shape index (κ2) is 8.94. The van der Waals surface area contributed by atoms with Gasteiger partial charge in [0.15, 0.2) is 11.5 Å². The normalized spacial score (nSPS) is 16.0. The minimum atomic E-state index is -0.234. The number of rotatable bonds is 5. The van der Waals surface area contributed by atoms with Gasteiger partial charge in [0, 0.05) is 50.9 Å². The van der Waals surface area contributed by atoms with Gasteiger partial charge in [-0.15, -0.1) is 0 Å². The van der Waals surface area contributed by atoms with Crippen molar-refractivity contribution in [1.82, 2.24) is 14.3 Å². The van der Waals surface area contributed by atoms with Gasteiger partial charge in [-0.1, -0.05) is 24.3 Å². The van der Waals surface area contributed by atoms with Crippen LogP contribution >= 0.6 is 0 Å². The van der Waals surface area contributed by atoms with E-state index in [1.165, 1.54) is 6.07 Å². The number of pyridine rings is 1. The molecule has 2 aliphatic heterocycles. The molecule has 1 atom stereocenters. The molecule has 2 aromatic heterocycles. The molecule has 0 spiro atoms. The highest BCUT2D eigenvalue weighted by Gasteiger charge is 2.28. The fourth-order valence-corrected chi connectivity index (χ4v) is 4.94. The van der Waals surface area contributed by atoms with Crippen molar-refractivity contribution in [2.75, 3.05) is 37.9 Å². The van der Waals surface area contributed by atoms with Crippen LogP contribution in [0.4, 0.5) is 10.1 Å². The molecule has 4 heterocycles. The van der Waals surface area contributed by atoms with Crippen molar-refractivity contribution >= 4 is 17.2 Å². The monoisotopic (exact) mass is 472 g/mol. The Morgan fingerprint density at radius 1 is 0.971 bits per heavy atom. The number of para-hydroxylation sites is 1. The molecule has 0 saturated carbocycles. The lowest BCUT2D eigenvalue weighted by atomic mass is 9.91. The number of carbonyl (C=O) groups excluding carboxylic acids is 1. The van der Waals surface area contributed by atoms with Gasteiger partial charge in [-0.25, -0.2) is 9.37 Å². The fourth-order valence-electron chi connectivity index (χ4n) is 4.94. The van der Waals surface area contributed by atoms with E-state index >= 15 is 0 Å². The highest BCUT2D eigenvalue weighted by atomic mass is 19.1. The molecule has 6 rings (SSSR count). The van der Waals surface area contributed by atoms with E-state index in [1.807, 2.05) is 69.1 Å². The first-order valence-electron chi connectivity index (χ1n) is 11.8. The van der Waals surface area contributed by atoms with E-state index < -0.39 is 0 Å². The molecule has 0 bridgehead atoms. The van der Waals surface area contributed by atoms with Crippen LogP contribution in [0.15, 0.2) is 73.1 Å². The van der Waals surface area contributed by atoms with Crippen molar-refractivity contribution in [2.45, 2.75) is 12.3 Å². The SMILES string of the molecule is O=C(CC(c1ccc2c(c1)OCO2)c1cnc2ccccn12)N1CCN(c2ccccc2F)CC1. The number of nitrogens with zero attached hydrogens (tertiary/aromatic N) is 4. The van der Waals surface area contributed by atoms with E-state index in [4.69, 9.17) is 9.47 Å². The average Bonchev–Trinajstić information content (AvgIpc) is 3.54. The van der Waals surface area contributed by atoms with Gasteiger partial charge >= 0.3 is 0 Å². The minimum absolute atomic E-state index is 0.0618. The Morgan fingerprint density at radius 3 is 2.63 bits per heavy atom. The number of benzene rings is 2. The third kappa shape index (κ3) is 4.05. The first kappa shape index (κ1) is 21.5. The lowest BCUT2D eigenvalue weighted by Gasteiger charge is -2.36. The van der Waals surface area contributed by atoms with Gasteiger partial charge in [0.05, 0.1) is 11.4 Å². The lowest BCUT2D eigenvalue weighted by molar-refractivity contribution is -0.131. The summed E-state index contributed by atoms with van der Waals surface area (Å²) >= 11 is 0. The van der Waals surface area contributed by atoms with Gasteiger partial charge in [0.1, 0.15) is 11.5 Å². The molecule has 0 N–H and O–H groups in total. The van der Waals surface area contributed by atoms with E-state index in [0.29, 0.717) is 49.8 Å². The molecule has 7 nitrogen and oxygen atoms in total. The number of hydrogen-bond acceptors (Lipinski definition) is 5. The largest absolute Gasteiger partial charge is 0.454 e. The molecule has 1 fully saturated rings. The van der Waals surface area contributed by atoms with Gasteiger partial charge in [0.2, 0.25) is 12.7 Å². The quantitative estimate of drug-likeness (QED) is 0.438. The van der Waals surface area contributed by atoms with Crippen LogP contribution in [0.25, 0.3) is 5.65 Å². The molecule has 178 valence electrons. The van der Waals surface area contributed by atoms with Gasteiger partial charge in [0.25, 0.3) is 0 Å². The zero-order valence-electron chi connectivity index (χ0n) is 19.1. The van der Waals surface area contributed by atoms with Gasteiger partial charge in [-0.3, -0.25) is 4.79 Å². The summed E-state index contributed by atoms with van der Waals surface area (Å²) in [5.74, 6) is 1.02. The molecule has 2 aromatic carbocycles. The van der Waals surface area contributed by atoms with E-state index in [9.17, 15) is 9.18 Å². The number of imidazole rings is 1. The van der Waals surface area contributed by atoms with Crippen LogP contribution in [-0.2, 0) is 4.79 Å². The summed E-state index contributed by atoms with van der Waals surface area (Å²) < 4.78 is 27.3. The first-order valence-corrected chi connectivity index (χ1v) is 11.8. The van der Waals surface area contributed by atoms with Crippen LogP contribution in [0.5, 0.6) is 11.5 Å². The number of piperazine rings is 1. The molecule has 35 heavy (non-hydrogen) atoms. The van der Waals surface area contributed by atoms with E-state index in [2.05, 4.69) is 4.98 Å². The Kier molecular flexibility index (Phi) is 5.48. The molecule has 0 radical (unpaired) electrons. The highest BCUT2D eigenvalue weighted by molar-refractivity contribution is 5.78. The van der Waals surface area contributed by atoms with Crippen molar-refractivity contribution in [3.05, 3.63) is 90.1 Å². The number of carbonyl (C=O) groups is 1. The van der Waals surface area contributed by atoms with Gasteiger partial charge in [-0.2, -0.15) is 0 Å². The summed E-state index contributed by atoms with van der Waals surface area (Å²) in [4.78, 5) is 21.9. The summed E-state index contributed by atoms with van der Waals surface area (Å²) in [6, 6.07) is 18.5. The number of fused-ring (bicyclic) bond motifs is 2. The molecule has 1 unspecified atom stereocenters. The number of aromatic nitrogens is 2. The Labute approximate surface area is 202 Å². The summed E-state index contributed by atoms with van der Waals surface area (Å²) in [5.41, 5.74) is 3.33. The molecule has 4 aromatic rings. The lowest BCUT2D eigenvalue weighted by Crippen LogP contribution is -2.49. The van der Waals surface area contributed by atoms with Crippen LogP contribution < -0.4 is 14.4 Å². The summed E-state index contributed by atoms with van der Waals surface area (Å²) in [6.07, 6.45) is 4.10. The molecule has 0 aliphatic carbocycles. The van der Waals surface area contributed by atoms with E-state index in [-0.39, 0.29) is 24.4 Å². The number of anilines is 1. The predicted molar refractivity (Wildman–Crippen MR) is 129 cm³/mol. The van der Waals surface area contributed by atoms with Crippen molar-refractivity contribution in [3.63, 3.8) is 0 Å². The predicted octanol–water partition coefficient (Wildman–Crippen LogP) is 4.07. The van der Waals surface area contributed by atoms with Crippen molar-refractivity contribution in [2.24, 2.45) is 0 Å². The second-order valence-electron chi connectivity index (χ2n) is 8.80. The van der Waals surface area contributed by atoms with Gasteiger partial charge < -0.3 is 23.7 Å². The number of hydrogen-bond donors (Lipinski definition) is 0. The Balaban J connectivity index is 1.25. The Hall–Kier alpha value is -4.07. The van der Waals surface area contributed by atoms with Crippen molar-refractivity contribution in [3.8, 4) is 11.5 Å². The van der Waals surface area contributed by atoms with E-state index in [0.717, 1.165) is 16.9 Å². The maximum atomic E-state index is 14.2. The molecule has 2 aliphatic rings. The van der Waals surface area contributed by atoms with Crippen LogP contribution in [0.2, 0.25) is 0 Å². The standard InChI is InChI=1S/C27H25FN4O3/c28-21-5-1-2-6-22(21)30-11-13-31(14-12-30)27(33)16-20(19-8-9-24-25(15-19)35-18-34-24)23-17-29-26-7-3-4-10-32(23)26/h1-10,15,17,20H,11-14,16,18H2. The zero-order chi connectivity index (χ0) is 23.8. The Bertz CT molecular complexity index is 1380. The number of ether oxygens (including phenoxy) is 2. The van der Waals surface area contributed by atoms with Crippen LogP contribution in [0, 0.1) is 5.82 Å². The molecular formula is C27H25FN4O3. The first-order chi connectivity index (χ1) is 17.2. The van der Waals surface area contributed by atoms with Crippen LogP contribution in [0.3, 0.4) is 0 Å². The van der Waals surface area contributed by atoms with Gasteiger partial charge in [-0.05, 0) is 42.0 Å². The third-order valence-electron chi connectivity index (χ3n) is 6.81. The molecular weight excluding hydrogens is 447 g/mol. The number of amides is 1. The van der Waals surface area contributed by atoms with Crippen molar-refractivity contribution < 1.29 is 18.7 Å². The summed E-state index contributed by atoms with van der Waals surface area (Å²) in [5, 5.41) is 0. The smallest absolute Gasteiger partial charge is 0.231 e. The second-order valence-corrected chi connectivity index (χ2v) is 8.80. The molecule has 8 heteroatoms. The average molecular weight is 473 g/mol. The molecule has 1 saturated heterocycles. The summed E-state index contributed by atoms with van der Waals surface area (Å²) in [6.45, 7) is 2.49. The van der Waals surface area contributed by atoms with E-state index in [1.54, 1.807) is 12.1 Å². The van der Waals surface area contributed by atoms with Crippen molar-refractivity contribution in [1.29, 1.82) is 0 Å². The topological polar surface area (TPSA) is 59.3 Å². The maximum absolute atomic E-state index is 14.2.